The van der Waals surface area contributed by atoms with Crippen LogP contribution in [0.2, 0.25) is 5.02 Å². The Balaban J connectivity index is 1.78. The summed E-state index contributed by atoms with van der Waals surface area (Å²) in [5.41, 5.74) is 1.19. The minimum atomic E-state index is -0.989. The van der Waals surface area contributed by atoms with E-state index >= 15 is 0 Å². The molecule has 1 aliphatic heterocycles. The van der Waals surface area contributed by atoms with Crippen LogP contribution in [0.1, 0.15) is 18.4 Å². The number of nitrogens with zero attached hydrogens (tertiary/aromatic N) is 2. The van der Waals surface area contributed by atoms with Crippen molar-refractivity contribution >= 4 is 34.9 Å². The molecule has 0 N–H and O–H groups in total. The molecule has 26 heavy (non-hydrogen) atoms. The number of amides is 1. The summed E-state index contributed by atoms with van der Waals surface area (Å²) in [6.45, 7) is 1.80. The highest BCUT2D eigenvalue weighted by Crippen LogP contribution is 2.68. The molecular weight excluding hydrogens is 352 g/mol. The van der Waals surface area contributed by atoms with Crippen molar-refractivity contribution in [1.82, 2.24) is 0 Å². The number of anilines is 1. The van der Waals surface area contributed by atoms with Gasteiger partial charge < -0.3 is 4.74 Å². The number of para-hydroxylation sites is 1. The lowest BCUT2D eigenvalue weighted by atomic mass is 9.93. The van der Waals surface area contributed by atoms with E-state index in [9.17, 15) is 9.59 Å². The van der Waals surface area contributed by atoms with Crippen molar-refractivity contribution in [2.75, 3.05) is 12.1 Å². The number of rotatable bonds is 3. The molecule has 0 bridgehead atoms. The second-order valence-corrected chi connectivity index (χ2v) is 6.97. The van der Waals surface area contributed by atoms with E-state index in [-0.39, 0.29) is 11.8 Å². The van der Waals surface area contributed by atoms with Crippen molar-refractivity contribution in [2.24, 2.45) is 16.4 Å². The molecule has 0 radical (unpaired) electrons. The van der Waals surface area contributed by atoms with E-state index in [0.717, 1.165) is 5.56 Å². The van der Waals surface area contributed by atoms with Gasteiger partial charge in [0.2, 0.25) is 0 Å². The van der Waals surface area contributed by atoms with Gasteiger partial charge in [-0.15, -0.1) is 0 Å². The zero-order valence-electron chi connectivity index (χ0n) is 14.3. The number of benzene rings is 2. The SMILES string of the molecule is COC(=O)[C@H]1[C@H](c2ccc(Cl)cc2)[C@@]12C(=O)N(c1ccccc1)N=C2C. The first-order chi connectivity index (χ1) is 12.5. The minimum absolute atomic E-state index is 0.198. The van der Waals surface area contributed by atoms with Gasteiger partial charge in [0.25, 0.3) is 5.91 Å². The van der Waals surface area contributed by atoms with Crippen LogP contribution in [-0.4, -0.2) is 24.7 Å². The summed E-state index contributed by atoms with van der Waals surface area (Å²) in [7, 11) is 1.34. The zero-order chi connectivity index (χ0) is 18.5. The number of hydrogen-bond acceptors (Lipinski definition) is 4. The van der Waals surface area contributed by atoms with Crippen molar-refractivity contribution in [3.8, 4) is 0 Å². The zero-order valence-corrected chi connectivity index (χ0v) is 15.1. The average Bonchev–Trinajstić information content (AvgIpc) is 3.30. The van der Waals surface area contributed by atoms with Crippen molar-refractivity contribution in [2.45, 2.75) is 12.8 Å². The van der Waals surface area contributed by atoms with E-state index in [1.807, 2.05) is 42.5 Å². The van der Waals surface area contributed by atoms with E-state index in [1.54, 1.807) is 19.1 Å². The van der Waals surface area contributed by atoms with Crippen LogP contribution in [0, 0.1) is 11.3 Å². The molecule has 1 saturated carbocycles. The maximum atomic E-state index is 13.4. The first-order valence-corrected chi connectivity index (χ1v) is 8.68. The van der Waals surface area contributed by atoms with E-state index < -0.39 is 17.3 Å². The lowest BCUT2D eigenvalue weighted by Crippen LogP contribution is -2.32. The maximum Gasteiger partial charge on any atom is 0.310 e. The second kappa shape index (κ2) is 5.95. The molecular formula is C20H17ClN2O3. The molecule has 0 saturated heterocycles. The monoisotopic (exact) mass is 368 g/mol. The molecule has 1 heterocycles. The molecule has 3 atom stereocenters. The number of methoxy groups -OCH3 is 1. The molecule has 1 spiro atoms. The average molecular weight is 369 g/mol. The van der Waals surface area contributed by atoms with Gasteiger partial charge in [-0.2, -0.15) is 10.1 Å². The van der Waals surface area contributed by atoms with Crippen molar-refractivity contribution in [3.63, 3.8) is 0 Å². The van der Waals surface area contributed by atoms with Crippen LogP contribution >= 0.6 is 11.6 Å². The largest absolute Gasteiger partial charge is 0.469 e. The Kier molecular flexibility index (Phi) is 3.84. The van der Waals surface area contributed by atoms with E-state index in [0.29, 0.717) is 16.4 Å². The number of carbonyl (C=O) groups excluding carboxylic acids is 2. The Morgan fingerprint density at radius 2 is 1.81 bits per heavy atom. The Labute approximate surface area is 156 Å². The van der Waals surface area contributed by atoms with Crippen LogP contribution in [0.3, 0.4) is 0 Å². The fourth-order valence-electron chi connectivity index (χ4n) is 4.03. The lowest BCUT2D eigenvalue weighted by molar-refractivity contribution is -0.143. The highest BCUT2D eigenvalue weighted by Gasteiger charge is 2.78. The Morgan fingerprint density at radius 3 is 2.42 bits per heavy atom. The van der Waals surface area contributed by atoms with Gasteiger partial charge in [0.05, 0.1) is 24.4 Å². The van der Waals surface area contributed by atoms with Gasteiger partial charge in [-0.05, 0) is 36.8 Å². The summed E-state index contributed by atoms with van der Waals surface area (Å²) in [6.07, 6.45) is 0. The molecule has 2 aliphatic rings. The molecule has 132 valence electrons. The summed E-state index contributed by atoms with van der Waals surface area (Å²) in [4.78, 5) is 25.8. The summed E-state index contributed by atoms with van der Waals surface area (Å²) >= 11 is 5.98. The van der Waals surface area contributed by atoms with Gasteiger partial charge in [0.15, 0.2) is 0 Å². The summed E-state index contributed by atoms with van der Waals surface area (Å²) in [5, 5.41) is 6.48. The topological polar surface area (TPSA) is 59.0 Å². The van der Waals surface area contributed by atoms with E-state index in [1.165, 1.54) is 12.1 Å². The molecule has 6 heteroatoms. The van der Waals surface area contributed by atoms with Crippen LogP contribution in [-0.2, 0) is 14.3 Å². The summed E-state index contributed by atoms with van der Waals surface area (Å²) in [6, 6.07) is 16.4. The fourth-order valence-corrected chi connectivity index (χ4v) is 4.16. The van der Waals surface area contributed by atoms with Crippen molar-refractivity contribution < 1.29 is 14.3 Å². The first-order valence-electron chi connectivity index (χ1n) is 8.30. The number of hydrogen-bond donors (Lipinski definition) is 0. The number of hydrazone groups is 1. The molecule has 5 nitrogen and oxygen atoms in total. The van der Waals surface area contributed by atoms with Crippen molar-refractivity contribution in [1.29, 1.82) is 0 Å². The number of halogens is 1. The number of esters is 1. The quantitative estimate of drug-likeness (QED) is 0.777. The minimum Gasteiger partial charge on any atom is -0.469 e. The third-order valence-electron chi connectivity index (χ3n) is 5.29. The van der Waals surface area contributed by atoms with E-state index in [2.05, 4.69) is 5.10 Å². The van der Waals surface area contributed by atoms with Gasteiger partial charge in [0.1, 0.15) is 5.41 Å². The van der Waals surface area contributed by atoms with Gasteiger partial charge in [-0.25, -0.2) is 0 Å². The van der Waals surface area contributed by atoms with Gasteiger partial charge in [0, 0.05) is 10.9 Å². The Bertz CT molecular complexity index is 910. The maximum absolute atomic E-state index is 13.4. The third kappa shape index (κ3) is 2.20. The first kappa shape index (κ1) is 16.8. The van der Waals surface area contributed by atoms with Crippen molar-refractivity contribution in [3.05, 3.63) is 65.2 Å². The third-order valence-corrected chi connectivity index (χ3v) is 5.54. The summed E-state index contributed by atoms with van der Waals surface area (Å²) < 4.78 is 4.98. The smallest absolute Gasteiger partial charge is 0.310 e. The Hall–Kier alpha value is -2.66. The predicted octanol–water partition coefficient (Wildman–Crippen LogP) is 3.64. The standard InChI is InChI=1S/C20H17ClN2O3/c1-12-20(19(25)23(22-12)15-6-4-3-5-7-15)16(17(20)18(24)26-2)13-8-10-14(21)11-9-13/h3-11,16-17H,1-2H3/t16-,17+,20+/m0/s1. The molecule has 1 fully saturated rings. The lowest BCUT2D eigenvalue weighted by Gasteiger charge is -2.14. The highest BCUT2D eigenvalue weighted by molar-refractivity contribution is 6.30. The van der Waals surface area contributed by atoms with Crippen LogP contribution in [0.4, 0.5) is 5.69 Å². The second-order valence-electron chi connectivity index (χ2n) is 6.54. The molecule has 0 unspecified atom stereocenters. The fraction of sp³-hybridized carbons (Fsp3) is 0.250. The highest BCUT2D eigenvalue weighted by atomic mass is 35.5. The molecule has 1 amide bonds. The van der Waals surface area contributed by atoms with Gasteiger partial charge in [-0.3, -0.25) is 9.59 Å². The normalized spacial score (nSPS) is 26.8. The molecule has 4 rings (SSSR count). The van der Waals surface area contributed by atoms with Crippen LogP contribution < -0.4 is 5.01 Å². The predicted molar refractivity (Wildman–Crippen MR) is 99.2 cm³/mol. The number of carbonyl (C=O) groups is 2. The molecule has 0 aromatic heterocycles. The van der Waals surface area contributed by atoms with E-state index in [4.69, 9.17) is 16.3 Å². The molecule has 1 aliphatic carbocycles. The molecule has 2 aromatic rings. The van der Waals surface area contributed by atoms with Gasteiger partial charge in [-0.1, -0.05) is 41.9 Å². The molecule has 2 aromatic carbocycles. The van der Waals surface area contributed by atoms with Gasteiger partial charge >= 0.3 is 5.97 Å². The number of ether oxygens (including phenoxy) is 1. The Morgan fingerprint density at radius 1 is 1.15 bits per heavy atom. The van der Waals surface area contributed by atoms with Crippen LogP contribution in [0.5, 0.6) is 0 Å². The van der Waals surface area contributed by atoms with Crippen LogP contribution in [0.25, 0.3) is 0 Å². The summed E-state index contributed by atoms with van der Waals surface area (Å²) in [5.74, 6) is -1.49. The van der Waals surface area contributed by atoms with Crippen LogP contribution in [0.15, 0.2) is 59.7 Å².